The van der Waals surface area contributed by atoms with Gasteiger partial charge in [0.05, 0.1) is 0 Å². The topological polar surface area (TPSA) is 62.0 Å². The molecule has 0 saturated carbocycles. The Morgan fingerprint density at radius 3 is 2.73 bits per heavy atom. The normalized spacial score (nSPS) is 20.4. The number of unbranched alkanes of at least 4 members (excludes halogenated alkanes) is 1. The zero-order valence-electron chi connectivity index (χ0n) is 9.46. The van der Waals surface area contributed by atoms with Crippen LogP contribution in [0.1, 0.15) is 40.0 Å². The van der Waals surface area contributed by atoms with E-state index in [-0.39, 0.29) is 12.2 Å². The van der Waals surface area contributed by atoms with Crippen LogP contribution >= 0.6 is 0 Å². The number of hydrogen-bond donors (Lipinski definition) is 0. The number of nitro groups is 1. The van der Waals surface area contributed by atoms with E-state index in [1.54, 1.807) is 5.01 Å². The van der Waals surface area contributed by atoms with E-state index in [2.05, 4.69) is 12.0 Å². The molecule has 0 fully saturated rings. The molecule has 0 aromatic heterocycles. The molecule has 0 radical (unpaired) electrons. The summed E-state index contributed by atoms with van der Waals surface area (Å²) < 4.78 is 0. The third-order valence-electron chi connectivity index (χ3n) is 2.45. The molecule has 0 amide bonds. The van der Waals surface area contributed by atoms with Gasteiger partial charge in [0.15, 0.2) is 17.5 Å². The summed E-state index contributed by atoms with van der Waals surface area (Å²) in [7, 11) is 0. The Morgan fingerprint density at radius 2 is 2.27 bits per heavy atom. The van der Waals surface area contributed by atoms with Crippen LogP contribution in [0.3, 0.4) is 0 Å². The first-order valence-electron chi connectivity index (χ1n) is 5.33. The highest BCUT2D eigenvalue weighted by Gasteiger charge is 2.36. The summed E-state index contributed by atoms with van der Waals surface area (Å²) in [5.74, 6) is 0. The predicted molar refractivity (Wildman–Crippen MR) is 57.6 cm³/mol. The molecule has 0 N–H and O–H groups in total. The van der Waals surface area contributed by atoms with E-state index in [9.17, 15) is 10.1 Å². The quantitative estimate of drug-likeness (QED) is 0.516. The van der Waals surface area contributed by atoms with Gasteiger partial charge >= 0.3 is 0 Å². The zero-order chi connectivity index (χ0) is 11.4. The van der Waals surface area contributed by atoms with Crippen molar-refractivity contribution >= 4 is 6.34 Å². The minimum Gasteiger partial charge on any atom is -0.264 e. The molecule has 6 nitrogen and oxygen atoms in total. The molecular formula is C9H18N4O2. The molecule has 0 aromatic carbocycles. The van der Waals surface area contributed by atoms with Gasteiger partial charge in [-0.3, -0.25) is 5.01 Å². The van der Waals surface area contributed by atoms with E-state index < -0.39 is 5.03 Å². The molecule has 0 saturated heterocycles. The lowest BCUT2D eigenvalue weighted by atomic mass is 10.2. The highest BCUT2D eigenvalue weighted by atomic mass is 16.7. The summed E-state index contributed by atoms with van der Waals surface area (Å²) in [5.41, 5.74) is 0. The smallest absolute Gasteiger partial charge is 0.183 e. The van der Waals surface area contributed by atoms with Gasteiger partial charge in [-0.2, -0.15) is 5.10 Å². The van der Waals surface area contributed by atoms with Crippen molar-refractivity contribution in [2.45, 2.75) is 52.2 Å². The fourth-order valence-electron chi connectivity index (χ4n) is 1.67. The molecule has 86 valence electrons. The fourth-order valence-corrected chi connectivity index (χ4v) is 1.67. The van der Waals surface area contributed by atoms with Crippen molar-refractivity contribution < 1.29 is 5.03 Å². The number of nitrogens with zero attached hydrogens (tertiary/aromatic N) is 4. The summed E-state index contributed by atoms with van der Waals surface area (Å²) in [5, 5.41) is 17.3. The van der Waals surface area contributed by atoms with Crippen molar-refractivity contribution in [1.29, 1.82) is 0 Å². The highest BCUT2D eigenvalue weighted by Crippen LogP contribution is 2.20. The minimum absolute atomic E-state index is 0.188. The summed E-state index contributed by atoms with van der Waals surface area (Å²) in [6, 6.07) is 0.188. The zero-order valence-corrected chi connectivity index (χ0v) is 9.46. The van der Waals surface area contributed by atoms with Gasteiger partial charge in [-0.1, -0.05) is 18.4 Å². The van der Waals surface area contributed by atoms with E-state index >= 15 is 0 Å². The second-order valence-corrected chi connectivity index (χ2v) is 3.95. The van der Waals surface area contributed by atoms with Crippen LogP contribution in [0.25, 0.3) is 0 Å². The molecule has 6 heteroatoms. The fraction of sp³-hybridized carbons (Fsp3) is 0.889. The van der Waals surface area contributed by atoms with Crippen molar-refractivity contribution in [3.05, 3.63) is 10.1 Å². The average Bonchev–Trinajstić information content (AvgIpc) is 2.57. The molecule has 0 aliphatic carbocycles. The molecule has 1 aliphatic heterocycles. The second-order valence-electron chi connectivity index (χ2n) is 3.95. The van der Waals surface area contributed by atoms with Gasteiger partial charge in [-0.25, -0.2) is 10.1 Å². The van der Waals surface area contributed by atoms with Crippen LogP contribution in [0.15, 0.2) is 5.10 Å². The lowest BCUT2D eigenvalue weighted by Crippen LogP contribution is -2.45. The maximum Gasteiger partial charge on any atom is 0.183 e. The van der Waals surface area contributed by atoms with Crippen LogP contribution in [-0.2, 0) is 0 Å². The first kappa shape index (κ1) is 11.7. The molecule has 1 aliphatic rings. The van der Waals surface area contributed by atoms with Gasteiger partial charge in [-0.15, -0.1) is 0 Å². The third-order valence-corrected chi connectivity index (χ3v) is 2.45. The van der Waals surface area contributed by atoms with Crippen LogP contribution in [0.4, 0.5) is 0 Å². The Morgan fingerprint density at radius 1 is 1.60 bits per heavy atom. The third kappa shape index (κ3) is 2.57. The van der Waals surface area contributed by atoms with Gasteiger partial charge in [-0.05, 0) is 26.7 Å². The van der Waals surface area contributed by atoms with Crippen LogP contribution in [0.5, 0.6) is 0 Å². The standard InChI is InChI=1S/C9H18N4O2/c1-4-5-6-9-11(13(14)15)7-10-12(9)8(2)3/h7-9H,4-6H2,1-3H3. The number of hydrazone groups is 1. The number of hydrogen-bond acceptors (Lipinski definition) is 4. The second kappa shape index (κ2) is 4.95. The summed E-state index contributed by atoms with van der Waals surface area (Å²) >= 11 is 0. The van der Waals surface area contributed by atoms with Crippen molar-refractivity contribution in [3.8, 4) is 0 Å². The Bertz CT molecular complexity index is 254. The Hall–Kier alpha value is -1.33. The molecule has 1 atom stereocenters. The molecule has 1 rings (SSSR count). The van der Waals surface area contributed by atoms with Crippen LogP contribution in [0.2, 0.25) is 0 Å². The van der Waals surface area contributed by atoms with Crippen molar-refractivity contribution in [2.24, 2.45) is 5.10 Å². The molecule has 0 bridgehead atoms. The Kier molecular flexibility index (Phi) is 3.88. The summed E-state index contributed by atoms with van der Waals surface area (Å²) in [4.78, 5) is 10.8. The Balaban J connectivity index is 2.68. The van der Waals surface area contributed by atoms with Crippen molar-refractivity contribution in [2.75, 3.05) is 0 Å². The minimum atomic E-state index is -0.397. The van der Waals surface area contributed by atoms with Crippen molar-refractivity contribution in [3.63, 3.8) is 0 Å². The molecule has 0 aromatic rings. The molecular weight excluding hydrogens is 196 g/mol. The highest BCUT2D eigenvalue weighted by molar-refractivity contribution is 5.55. The number of rotatable bonds is 5. The van der Waals surface area contributed by atoms with Gasteiger partial charge in [0.1, 0.15) is 0 Å². The van der Waals surface area contributed by atoms with E-state index in [0.717, 1.165) is 24.3 Å². The first-order chi connectivity index (χ1) is 7.07. The number of hydrazine groups is 1. The van der Waals surface area contributed by atoms with Gasteiger partial charge in [0, 0.05) is 6.04 Å². The van der Waals surface area contributed by atoms with Crippen LogP contribution in [0, 0.1) is 10.1 Å². The van der Waals surface area contributed by atoms with Crippen LogP contribution < -0.4 is 0 Å². The van der Waals surface area contributed by atoms with Crippen molar-refractivity contribution in [1.82, 2.24) is 10.0 Å². The lowest BCUT2D eigenvalue weighted by Gasteiger charge is -2.27. The molecule has 0 spiro atoms. The molecule has 1 unspecified atom stereocenters. The van der Waals surface area contributed by atoms with Gasteiger partial charge in [0.2, 0.25) is 0 Å². The Labute approximate surface area is 89.7 Å². The maximum atomic E-state index is 10.8. The summed E-state index contributed by atoms with van der Waals surface area (Å²) in [6.45, 7) is 6.05. The largest absolute Gasteiger partial charge is 0.264 e. The maximum absolute atomic E-state index is 10.8. The van der Waals surface area contributed by atoms with Gasteiger partial charge in [0.25, 0.3) is 0 Å². The molecule has 15 heavy (non-hydrogen) atoms. The van der Waals surface area contributed by atoms with E-state index in [4.69, 9.17) is 0 Å². The first-order valence-corrected chi connectivity index (χ1v) is 5.33. The molecule has 1 heterocycles. The van der Waals surface area contributed by atoms with E-state index in [1.807, 2.05) is 13.8 Å². The van der Waals surface area contributed by atoms with E-state index in [1.165, 1.54) is 6.34 Å². The van der Waals surface area contributed by atoms with Gasteiger partial charge < -0.3 is 0 Å². The monoisotopic (exact) mass is 214 g/mol. The SMILES string of the molecule is CCCCC1N(C(C)C)N=CN1[N+](=O)[O-]. The lowest BCUT2D eigenvalue weighted by molar-refractivity contribution is -0.638. The van der Waals surface area contributed by atoms with Crippen LogP contribution in [-0.4, -0.2) is 33.6 Å². The summed E-state index contributed by atoms with van der Waals surface area (Å²) in [6.07, 6.45) is 3.87. The van der Waals surface area contributed by atoms with E-state index in [0.29, 0.717) is 0 Å². The predicted octanol–water partition coefficient (Wildman–Crippen LogP) is 1.66. The average molecular weight is 214 g/mol.